The third-order valence-corrected chi connectivity index (χ3v) is 4.60. The molecule has 2 aromatic rings. The number of nitrogens with one attached hydrogen (secondary N) is 1. The molecule has 2 heterocycles. The molecule has 106 valence electrons. The monoisotopic (exact) mass is 289 g/mol. The van der Waals surface area contributed by atoms with E-state index in [-0.39, 0.29) is 0 Å². The Bertz CT molecular complexity index is 570. The lowest BCUT2D eigenvalue weighted by atomic mass is 9.94. The molecule has 0 aliphatic carbocycles. The summed E-state index contributed by atoms with van der Waals surface area (Å²) < 4.78 is 5.71. The predicted molar refractivity (Wildman–Crippen MR) is 80.6 cm³/mol. The normalized spacial score (nSPS) is 17.6. The molecule has 4 nitrogen and oxygen atoms in total. The second-order valence-electron chi connectivity index (χ2n) is 4.87. The van der Waals surface area contributed by atoms with E-state index in [9.17, 15) is 0 Å². The van der Waals surface area contributed by atoms with Crippen LogP contribution in [0.4, 0.5) is 0 Å². The summed E-state index contributed by atoms with van der Waals surface area (Å²) in [6.07, 6.45) is 1.94. The quantitative estimate of drug-likeness (QED) is 0.860. The Morgan fingerprint density at radius 2 is 2.25 bits per heavy atom. The average Bonchev–Trinajstić information content (AvgIpc) is 2.96. The fourth-order valence-electron chi connectivity index (χ4n) is 2.48. The lowest BCUT2D eigenvalue weighted by Crippen LogP contribution is -2.15. The molecule has 0 saturated heterocycles. The van der Waals surface area contributed by atoms with Gasteiger partial charge in [-0.05, 0) is 19.0 Å². The summed E-state index contributed by atoms with van der Waals surface area (Å²) in [4.78, 5) is 0. The number of hydrogen-bond acceptors (Lipinski definition) is 5. The fraction of sp³-hybridized carbons (Fsp3) is 0.467. The Morgan fingerprint density at radius 3 is 3.15 bits per heavy atom. The molecular formula is C15H19N3OS. The Labute approximate surface area is 123 Å². The topological polar surface area (TPSA) is 47.0 Å². The summed E-state index contributed by atoms with van der Waals surface area (Å²) in [6, 6.07) is 8.25. The highest BCUT2D eigenvalue weighted by Gasteiger charge is 2.25. The van der Waals surface area contributed by atoms with E-state index in [1.807, 2.05) is 12.1 Å². The first-order chi connectivity index (χ1) is 9.88. The maximum Gasteiger partial charge on any atom is 0.125 e. The molecule has 0 spiro atoms. The van der Waals surface area contributed by atoms with Crippen LogP contribution in [0, 0.1) is 0 Å². The Kier molecular flexibility index (Phi) is 4.28. The number of aromatic nitrogens is 2. The van der Waals surface area contributed by atoms with Gasteiger partial charge in [0.05, 0.1) is 6.61 Å². The predicted octanol–water partition coefficient (Wildman–Crippen LogP) is 2.60. The third-order valence-electron chi connectivity index (χ3n) is 3.50. The van der Waals surface area contributed by atoms with Crippen LogP contribution in [-0.2, 0) is 6.42 Å². The van der Waals surface area contributed by atoms with E-state index in [4.69, 9.17) is 4.74 Å². The molecule has 0 amide bonds. The van der Waals surface area contributed by atoms with Gasteiger partial charge in [0.2, 0.25) is 0 Å². The van der Waals surface area contributed by atoms with Crippen molar-refractivity contribution in [2.45, 2.75) is 25.7 Å². The van der Waals surface area contributed by atoms with Crippen molar-refractivity contribution in [2.75, 3.05) is 19.7 Å². The van der Waals surface area contributed by atoms with Gasteiger partial charge in [-0.3, -0.25) is 0 Å². The summed E-state index contributed by atoms with van der Waals surface area (Å²) >= 11 is 1.74. The van der Waals surface area contributed by atoms with E-state index in [2.05, 4.69) is 34.6 Å². The summed E-state index contributed by atoms with van der Waals surface area (Å²) in [7, 11) is 0. The number of rotatable bonds is 5. The summed E-state index contributed by atoms with van der Waals surface area (Å²) in [6.45, 7) is 4.84. The molecular weight excluding hydrogens is 270 g/mol. The lowest BCUT2D eigenvalue weighted by Gasteiger charge is -2.23. The van der Waals surface area contributed by atoms with Crippen LogP contribution in [0.5, 0.6) is 5.75 Å². The van der Waals surface area contributed by atoms with Gasteiger partial charge in [0.25, 0.3) is 0 Å². The van der Waals surface area contributed by atoms with E-state index in [1.54, 1.807) is 11.3 Å². The third kappa shape index (κ3) is 2.83. The number of ether oxygens (including phenoxy) is 1. The minimum Gasteiger partial charge on any atom is -0.493 e. The van der Waals surface area contributed by atoms with E-state index in [1.165, 1.54) is 5.56 Å². The maximum atomic E-state index is 5.71. The number of hydrogen-bond donors (Lipinski definition) is 1. The number of fused-ring (bicyclic) bond motifs is 1. The van der Waals surface area contributed by atoms with Crippen molar-refractivity contribution in [3.63, 3.8) is 0 Å². The van der Waals surface area contributed by atoms with E-state index < -0.39 is 0 Å². The van der Waals surface area contributed by atoms with Crippen molar-refractivity contribution in [2.24, 2.45) is 0 Å². The van der Waals surface area contributed by atoms with Crippen molar-refractivity contribution in [1.82, 2.24) is 15.5 Å². The zero-order chi connectivity index (χ0) is 13.8. The highest BCUT2D eigenvalue weighted by Crippen LogP contribution is 2.38. The standard InChI is InChI=1S/C15H19N3OS/c1-2-16-9-7-14-17-18-15(20-14)12-8-10-19-13-6-4-3-5-11(12)13/h3-6,12,16H,2,7-10H2,1H3. The summed E-state index contributed by atoms with van der Waals surface area (Å²) in [5.41, 5.74) is 1.24. The van der Waals surface area contributed by atoms with Gasteiger partial charge in [-0.15, -0.1) is 21.5 Å². The molecule has 1 unspecified atom stereocenters. The van der Waals surface area contributed by atoms with Crippen molar-refractivity contribution in [1.29, 1.82) is 0 Å². The molecule has 0 saturated carbocycles. The van der Waals surface area contributed by atoms with Crippen LogP contribution in [-0.4, -0.2) is 29.9 Å². The second kappa shape index (κ2) is 6.33. The first-order valence-electron chi connectivity index (χ1n) is 7.13. The van der Waals surface area contributed by atoms with Crippen LogP contribution in [0.2, 0.25) is 0 Å². The van der Waals surface area contributed by atoms with Crippen LogP contribution in [0.3, 0.4) is 0 Å². The summed E-state index contributed by atoms with van der Waals surface area (Å²) in [5.74, 6) is 1.33. The Hall–Kier alpha value is -1.46. The SMILES string of the molecule is CCNCCc1nnc(C2CCOc3ccccc32)s1. The van der Waals surface area contributed by atoms with E-state index >= 15 is 0 Å². The molecule has 1 aliphatic rings. The molecule has 0 radical (unpaired) electrons. The van der Waals surface area contributed by atoms with Gasteiger partial charge in [0, 0.05) is 24.4 Å². The molecule has 1 aliphatic heterocycles. The number of likely N-dealkylation sites (N-methyl/N-ethyl adjacent to an activating group) is 1. The van der Waals surface area contributed by atoms with Gasteiger partial charge in [0.1, 0.15) is 15.8 Å². The van der Waals surface area contributed by atoms with Crippen molar-refractivity contribution in [3.8, 4) is 5.75 Å². The average molecular weight is 289 g/mol. The Morgan fingerprint density at radius 1 is 1.35 bits per heavy atom. The van der Waals surface area contributed by atoms with Crippen LogP contribution in [0.25, 0.3) is 0 Å². The van der Waals surface area contributed by atoms with Gasteiger partial charge in [0.15, 0.2) is 0 Å². The van der Waals surface area contributed by atoms with E-state index in [0.29, 0.717) is 5.92 Å². The first-order valence-corrected chi connectivity index (χ1v) is 7.95. The fourth-order valence-corrected chi connectivity index (χ4v) is 3.48. The molecule has 1 N–H and O–H groups in total. The zero-order valence-electron chi connectivity index (χ0n) is 11.6. The van der Waals surface area contributed by atoms with Crippen LogP contribution < -0.4 is 10.1 Å². The maximum absolute atomic E-state index is 5.71. The molecule has 1 aromatic heterocycles. The zero-order valence-corrected chi connectivity index (χ0v) is 12.4. The molecule has 0 bridgehead atoms. The second-order valence-corrected chi connectivity index (χ2v) is 5.96. The van der Waals surface area contributed by atoms with Crippen LogP contribution in [0.1, 0.15) is 34.8 Å². The highest BCUT2D eigenvalue weighted by molar-refractivity contribution is 7.11. The van der Waals surface area contributed by atoms with Gasteiger partial charge in [-0.25, -0.2) is 0 Å². The smallest absolute Gasteiger partial charge is 0.125 e. The van der Waals surface area contributed by atoms with Crippen LogP contribution >= 0.6 is 11.3 Å². The molecule has 3 rings (SSSR count). The number of nitrogens with zero attached hydrogens (tertiary/aromatic N) is 2. The molecule has 1 aromatic carbocycles. The lowest BCUT2D eigenvalue weighted by molar-refractivity contribution is 0.276. The van der Waals surface area contributed by atoms with Gasteiger partial charge < -0.3 is 10.1 Å². The number of para-hydroxylation sites is 1. The Balaban J connectivity index is 1.77. The highest BCUT2D eigenvalue weighted by atomic mass is 32.1. The minimum atomic E-state index is 0.338. The van der Waals surface area contributed by atoms with Crippen molar-refractivity contribution in [3.05, 3.63) is 39.8 Å². The summed E-state index contributed by atoms with van der Waals surface area (Å²) in [5, 5.41) is 14.3. The van der Waals surface area contributed by atoms with Crippen LogP contribution in [0.15, 0.2) is 24.3 Å². The molecule has 20 heavy (non-hydrogen) atoms. The first kappa shape index (κ1) is 13.5. The van der Waals surface area contributed by atoms with Crippen molar-refractivity contribution >= 4 is 11.3 Å². The van der Waals surface area contributed by atoms with Crippen molar-refractivity contribution < 1.29 is 4.74 Å². The van der Waals surface area contributed by atoms with Gasteiger partial charge in [-0.1, -0.05) is 25.1 Å². The number of benzene rings is 1. The molecule has 0 fully saturated rings. The van der Waals surface area contributed by atoms with Gasteiger partial charge in [-0.2, -0.15) is 0 Å². The molecule has 1 atom stereocenters. The van der Waals surface area contributed by atoms with E-state index in [0.717, 1.165) is 48.3 Å². The largest absolute Gasteiger partial charge is 0.493 e. The molecule has 5 heteroatoms. The minimum absolute atomic E-state index is 0.338. The van der Waals surface area contributed by atoms with Gasteiger partial charge >= 0.3 is 0 Å².